The van der Waals surface area contributed by atoms with Crippen LogP contribution in [0.15, 0.2) is 17.1 Å². The predicted molar refractivity (Wildman–Crippen MR) is 71.8 cm³/mol. The zero-order chi connectivity index (χ0) is 13.0. The molecule has 0 aliphatic carbocycles. The van der Waals surface area contributed by atoms with Gasteiger partial charge in [-0.2, -0.15) is 4.99 Å². The third kappa shape index (κ3) is 3.04. The van der Waals surface area contributed by atoms with Crippen LogP contribution in [0.5, 0.6) is 0 Å². The van der Waals surface area contributed by atoms with Crippen LogP contribution in [-0.4, -0.2) is 6.08 Å². The Bertz CT molecular complexity index is 440. The van der Waals surface area contributed by atoms with E-state index in [9.17, 15) is 4.79 Å². The molecule has 2 nitrogen and oxygen atoms in total. The first-order valence-electron chi connectivity index (χ1n) is 6.25. The molecule has 17 heavy (non-hydrogen) atoms. The summed E-state index contributed by atoms with van der Waals surface area (Å²) in [4.78, 5) is 14.4. The van der Waals surface area contributed by atoms with Crippen molar-refractivity contribution in [3.8, 4) is 0 Å². The van der Waals surface area contributed by atoms with Gasteiger partial charge in [-0.3, -0.25) is 0 Å². The minimum absolute atomic E-state index is 0.367. The molecule has 0 aliphatic rings. The molecule has 1 rings (SSSR count). The molecule has 0 aliphatic heterocycles. The maximum atomic E-state index is 10.5. The Balaban J connectivity index is 3.51. The van der Waals surface area contributed by atoms with Gasteiger partial charge in [0.2, 0.25) is 6.08 Å². The molecule has 2 heteroatoms. The van der Waals surface area contributed by atoms with Crippen molar-refractivity contribution in [1.82, 2.24) is 0 Å². The summed E-state index contributed by atoms with van der Waals surface area (Å²) in [5.74, 6) is 0.859. The second-order valence-electron chi connectivity index (χ2n) is 4.98. The number of isocyanates is 1. The summed E-state index contributed by atoms with van der Waals surface area (Å²) in [5, 5.41) is 0. The van der Waals surface area contributed by atoms with Crippen molar-refractivity contribution in [2.24, 2.45) is 4.99 Å². The molecule has 0 N–H and O–H groups in total. The summed E-state index contributed by atoms with van der Waals surface area (Å²) < 4.78 is 0. The zero-order valence-electron chi connectivity index (χ0n) is 11.4. The van der Waals surface area contributed by atoms with Crippen molar-refractivity contribution >= 4 is 11.8 Å². The topological polar surface area (TPSA) is 29.4 Å². The lowest BCUT2D eigenvalue weighted by molar-refractivity contribution is 0.565. The van der Waals surface area contributed by atoms with Crippen LogP contribution in [0.25, 0.3) is 0 Å². The van der Waals surface area contributed by atoms with E-state index in [2.05, 4.69) is 51.7 Å². The number of benzene rings is 1. The number of hydrogen-bond acceptors (Lipinski definition) is 2. The van der Waals surface area contributed by atoms with E-state index in [1.807, 2.05) is 0 Å². The van der Waals surface area contributed by atoms with E-state index < -0.39 is 0 Å². The molecule has 0 saturated heterocycles. The molecule has 1 aromatic carbocycles. The van der Waals surface area contributed by atoms with Crippen LogP contribution in [0.4, 0.5) is 5.69 Å². The molecule has 0 unspecified atom stereocenters. The second-order valence-corrected chi connectivity index (χ2v) is 4.98. The Morgan fingerprint density at radius 1 is 1.18 bits per heavy atom. The number of hydrogen-bond donors (Lipinski definition) is 0. The highest BCUT2D eigenvalue weighted by Gasteiger charge is 2.13. The van der Waals surface area contributed by atoms with Crippen LogP contribution in [0.1, 0.15) is 63.1 Å². The Hall–Kier alpha value is -1.40. The van der Waals surface area contributed by atoms with Gasteiger partial charge in [-0.1, -0.05) is 46.8 Å². The smallest absolute Gasteiger partial charge is 0.211 e. The Labute approximate surface area is 104 Å². The normalized spacial score (nSPS) is 10.8. The monoisotopic (exact) mass is 231 g/mol. The summed E-state index contributed by atoms with van der Waals surface area (Å²) in [6.07, 6.45) is 2.57. The molecular formula is C15H21NO. The molecule has 0 atom stereocenters. The molecule has 0 fully saturated rings. The highest BCUT2D eigenvalue weighted by molar-refractivity contribution is 5.61. The summed E-state index contributed by atoms with van der Waals surface area (Å²) in [6, 6.07) is 4.33. The highest BCUT2D eigenvalue weighted by atomic mass is 16.1. The standard InChI is InChI=1S/C15H21NO/c1-6-12-7-13(10(2)3)8-14(11(4)5)15(12)16-9-17/h7-8,10-11H,6H2,1-5H3. The first kappa shape index (κ1) is 13.7. The highest BCUT2D eigenvalue weighted by Crippen LogP contribution is 2.34. The fourth-order valence-corrected chi connectivity index (χ4v) is 1.97. The maximum absolute atomic E-state index is 10.5. The van der Waals surface area contributed by atoms with Gasteiger partial charge in [0.15, 0.2) is 0 Å². The Morgan fingerprint density at radius 3 is 2.24 bits per heavy atom. The Morgan fingerprint density at radius 2 is 1.82 bits per heavy atom. The summed E-state index contributed by atoms with van der Waals surface area (Å²) >= 11 is 0. The largest absolute Gasteiger partial charge is 0.240 e. The molecule has 0 aromatic heterocycles. The lowest BCUT2D eigenvalue weighted by atomic mass is 9.90. The van der Waals surface area contributed by atoms with Gasteiger partial charge in [-0.05, 0) is 34.9 Å². The van der Waals surface area contributed by atoms with Gasteiger partial charge in [0.05, 0.1) is 5.69 Å². The predicted octanol–water partition coefficient (Wildman–Crippen LogP) is 4.46. The summed E-state index contributed by atoms with van der Waals surface area (Å²) in [7, 11) is 0. The maximum Gasteiger partial charge on any atom is 0.240 e. The molecule has 0 spiro atoms. The van der Waals surface area contributed by atoms with Crippen molar-refractivity contribution in [2.75, 3.05) is 0 Å². The SMILES string of the molecule is CCc1cc(C(C)C)cc(C(C)C)c1N=C=O. The van der Waals surface area contributed by atoms with Crippen LogP contribution in [0, 0.1) is 0 Å². The zero-order valence-corrected chi connectivity index (χ0v) is 11.4. The third-order valence-electron chi connectivity index (χ3n) is 3.07. The van der Waals surface area contributed by atoms with Crippen molar-refractivity contribution in [3.63, 3.8) is 0 Å². The van der Waals surface area contributed by atoms with Gasteiger partial charge < -0.3 is 0 Å². The van der Waals surface area contributed by atoms with Gasteiger partial charge in [-0.25, -0.2) is 4.79 Å². The van der Waals surface area contributed by atoms with Crippen molar-refractivity contribution in [1.29, 1.82) is 0 Å². The average molecular weight is 231 g/mol. The number of nitrogens with zero attached hydrogens (tertiary/aromatic N) is 1. The number of carbonyl (C=O) groups excluding carboxylic acids is 1. The van der Waals surface area contributed by atoms with Crippen molar-refractivity contribution < 1.29 is 4.79 Å². The minimum Gasteiger partial charge on any atom is -0.211 e. The van der Waals surface area contributed by atoms with Crippen LogP contribution in [0.3, 0.4) is 0 Å². The van der Waals surface area contributed by atoms with Crippen LogP contribution < -0.4 is 0 Å². The first-order chi connectivity index (χ1) is 8.01. The molecule has 0 saturated carbocycles. The molecule has 0 radical (unpaired) electrons. The van der Waals surface area contributed by atoms with Gasteiger partial charge in [0, 0.05) is 0 Å². The number of aryl methyl sites for hydroxylation is 1. The Kier molecular flexibility index (Phi) is 4.65. The van der Waals surface area contributed by atoms with E-state index in [4.69, 9.17) is 0 Å². The molecule has 0 heterocycles. The van der Waals surface area contributed by atoms with Gasteiger partial charge >= 0.3 is 0 Å². The summed E-state index contributed by atoms with van der Waals surface area (Å²) in [6.45, 7) is 10.7. The van der Waals surface area contributed by atoms with Gasteiger partial charge in [0.25, 0.3) is 0 Å². The summed E-state index contributed by atoms with van der Waals surface area (Å²) in [5.41, 5.74) is 4.43. The molecule has 0 bridgehead atoms. The van der Waals surface area contributed by atoms with E-state index in [-0.39, 0.29) is 0 Å². The van der Waals surface area contributed by atoms with E-state index in [1.165, 1.54) is 5.56 Å². The van der Waals surface area contributed by atoms with E-state index in [0.29, 0.717) is 11.8 Å². The van der Waals surface area contributed by atoms with Gasteiger partial charge in [0.1, 0.15) is 0 Å². The average Bonchev–Trinajstić information content (AvgIpc) is 2.28. The lowest BCUT2D eigenvalue weighted by Crippen LogP contribution is -1.98. The van der Waals surface area contributed by atoms with E-state index in [0.717, 1.165) is 23.2 Å². The fraction of sp³-hybridized carbons (Fsp3) is 0.533. The van der Waals surface area contributed by atoms with Crippen molar-refractivity contribution in [2.45, 2.75) is 52.9 Å². The van der Waals surface area contributed by atoms with Gasteiger partial charge in [-0.15, -0.1) is 0 Å². The number of rotatable bonds is 4. The first-order valence-corrected chi connectivity index (χ1v) is 6.25. The molecule has 92 valence electrons. The fourth-order valence-electron chi connectivity index (χ4n) is 1.97. The van der Waals surface area contributed by atoms with Crippen LogP contribution in [-0.2, 0) is 11.2 Å². The number of aliphatic imine (C=N–C) groups is 1. The lowest BCUT2D eigenvalue weighted by Gasteiger charge is -2.16. The quantitative estimate of drug-likeness (QED) is 0.555. The van der Waals surface area contributed by atoms with E-state index in [1.54, 1.807) is 6.08 Å². The van der Waals surface area contributed by atoms with Crippen molar-refractivity contribution in [3.05, 3.63) is 28.8 Å². The third-order valence-corrected chi connectivity index (χ3v) is 3.07. The van der Waals surface area contributed by atoms with Crippen LogP contribution in [0.2, 0.25) is 0 Å². The second kappa shape index (κ2) is 5.79. The van der Waals surface area contributed by atoms with Crippen LogP contribution >= 0.6 is 0 Å². The minimum atomic E-state index is 0.367. The molecular weight excluding hydrogens is 210 g/mol. The molecule has 0 amide bonds. The molecule has 1 aromatic rings. The van der Waals surface area contributed by atoms with E-state index >= 15 is 0 Å².